The van der Waals surface area contributed by atoms with Crippen molar-refractivity contribution in [3.8, 4) is 12.3 Å². The lowest BCUT2D eigenvalue weighted by atomic mass is 10.0. The summed E-state index contributed by atoms with van der Waals surface area (Å²) in [5.74, 6) is 2.22. The second-order valence-corrected chi connectivity index (χ2v) is 3.95. The third-order valence-corrected chi connectivity index (χ3v) is 2.71. The zero-order chi connectivity index (χ0) is 13.7. The average molecular weight is 246 g/mol. The molecule has 5 nitrogen and oxygen atoms in total. The minimum atomic E-state index is -0.450. The van der Waals surface area contributed by atoms with Crippen LogP contribution >= 0.6 is 0 Å². The number of nitrogens with zero attached hydrogens (tertiary/aromatic N) is 2. The summed E-state index contributed by atoms with van der Waals surface area (Å²) >= 11 is 0. The molecule has 0 aromatic heterocycles. The molecule has 0 aliphatic heterocycles. The van der Waals surface area contributed by atoms with Gasteiger partial charge in [0.1, 0.15) is 0 Å². The van der Waals surface area contributed by atoms with Gasteiger partial charge in [-0.05, 0) is 12.5 Å². The number of carbonyl (C=O) groups excluding carboxylic acids is 1. The Morgan fingerprint density at radius 2 is 2.22 bits per heavy atom. The molecule has 1 rings (SSSR count). The summed E-state index contributed by atoms with van der Waals surface area (Å²) in [6, 6.07) is 4.72. The Bertz CT molecular complexity index is 517. The highest BCUT2D eigenvalue weighted by Crippen LogP contribution is 2.21. The minimum absolute atomic E-state index is 0.0277. The van der Waals surface area contributed by atoms with Crippen molar-refractivity contribution in [2.45, 2.75) is 13.3 Å². The number of carbonyl (C=O) groups is 1. The maximum atomic E-state index is 11.8. The molecule has 0 saturated heterocycles. The predicted molar refractivity (Wildman–Crippen MR) is 68.0 cm³/mol. The molecule has 0 spiro atoms. The fourth-order valence-corrected chi connectivity index (χ4v) is 1.58. The smallest absolute Gasteiger partial charge is 0.272 e. The number of likely N-dealkylation sites (N-methyl/N-ethyl adjacent to an activating group) is 1. The number of benzene rings is 1. The van der Waals surface area contributed by atoms with Crippen molar-refractivity contribution < 1.29 is 9.72 Å². The fraction of sp³-hybridized carbons (Fsp3) is 0.308. The van der Waals surface area contributed by atoms with E-state index in [9.17, 15) is 14.9 Å². The third-order valence-electron chi connectivity index (χ3n) is 2.71. The van der Waals surface area contributed by atoms with E-state index in [0.29, 0.717) is 11.1 Å². The lowest BCUT2D eigenvalue weighted by molar-refractivity contribution is -0.385. The maximum absolute atomic E-state index is 11.8. The molecule has 0 aliphatic rings. The van der Waals surface area contributed by atoms with E-state index < -0.39 is 4.92 Å². The summed E-state index contributed by atoms with van der Waals surface area (Å²) in [4.78, 5) is 23.5. The topological polar surface area (TPSA) is 63.5 Å². The van der Waals surface area contributed by atoms with Crippen LogP contribution in [0.1, 0.15) is 11.1 Å². The van der Waals surface area contributed by atoms with Crippen LogP contribution in [0.3, 0.4) is 0 Å². The van der Waals surface area contributed by atoms with Gasteiger partial charge in [-0.3, -0.25) is 14.9 Å². The first-order chi connectivity index (χ1) is 8.47. The van der Waals surface area contributed by atoms with Gasteiger partial charge in [0, 0.05) is 18.7 Å². The second kappa shape index (κ2) is 5.82. The highest BCUT2D eigenvalue weighted by molar-refractivity contribution is 5.79. The summed E-state index contributed by atoms with van der Waals surface area (Å²) < 4.78 is 0. The molecule has 0 radical (unpaired) electrons. The zero-order valence-electron chi connectivity index (χ0n) is 10.3. The molecule has 5 heteroatoms. The van der Waals surface area contributed by atoms with Crippen LogP contribution in [0.4, 0.5) is 5.69 Å². The molecule has 94 valence electrons. The van der Waals surface area contributed by atoms with Crippen molar-refractivity contribution >= 4 is 11.6 Å². The van der Waals surface area contributed by atoms with Crippen LogP contribution < -0.4 is 0 Å². The number of hydrogen-bond acceptors (Lipinski definition) is 3. The lowest BCUT2D eigenvalue weighted by Gasteiger charge is -2.14. The highest BCUT2D eigenvalue weighted by atomic mass is 16.6. The van der Waals surface area contributed by atoms with Crippen molar-refractivity contribution in [1.82, 2.24) is 4.90 Å². The molecule has 1 amide bonds. The van der Waals surface area contributed by atoms with Gasteiger partial charge in [-0.1, -0.05) is 18.1 Å². The summed E-state index contributed by atoms with van der Waals surface area (Å²) in [5, 5.41) is 10.8. The van der Waals surface area contributed by atoms with Gasteiger partial charge >= 0.3 is 0 Å². The number of rotatable bonds is 4. The van der Waals surface area contributed by atoms with E-state index in [0.717, 1.165) is 0 Å². The van der Waals surface area contributed by atoms with Crippen molar-refractivity contribution in [3.05, 3.63) is 39.4 Å². The molecule has 0 saturated carbocycles. The summed E-state index contributed by atoms with van der Waals surface area (Å²) in [7, 11) is 1.61. The van der Waals surface area contributed by atoms with Crippen LogP contribution in [-0.2, 0) is 11.2 Å². The van der Waals surface area contributed by atoms with Gasteiger partial charge in [0.25, 0.3) is 5.69 Å². The van der Waals surface area contributed by atoms with E-state index in [2.05, 4.69) is 5.92 Å². The molecule has 0 aliphatic carbocycles. The second-order valence-electron chi connectivity index (χ2n) is 3.95. The van der Waals surface area contributed by atoms with Gasteiger partial charge in [0.05, 0.1) is 17.9 Å². The molecule has 1 aromatic carbocycles. The molecule has 0 bridgehead atoms. The molecular weight excluding hydrogens is 232 g/mol. The average Bonchev–Trinajstić information content (AvgIpc) is 2.31. The first-order valence-electron chi connectivity index (χ1n) is 5.37. The normalized spacial score (nSPS) is 9.61. The van der Waals surface area contributed by atoms with Crippen LogP contribution in [0.25, 0.3) is 0 Å². The van der Waals surface area contributed by atoms with Crippen LogP contribution in [0.2, 0.25) is 0 Å². The van der Waals surface area contributed by atoms with E-state index in [1.165, 1.54) is 11.0 Å². The van der Waals surface area contributed by atoms with Gasteiger partial charge in [0.2, 0.25) is 5.91 Å². The Kier molecular flexibility index (Phi) is 4.44. The number of nitro groups is 1. The SMILES string of the molecule is C#CCN(C)C(=O)Cc1cccc([N+](=O)[O-])c1C. The molecule has 0 N–H and O–H groups in total. The molecule has 1 aromatic rings. The van der Waals surface area contributed by atoms with Gasteiger partial charge in [-0.15, -0.1) is 6.42 Å². The molecule has 0 fully saturated rings. The monoisotopic (exact) mass is 246 g/mol. The van der Waals surface area contributed by atoms with E-state index in [4.69, 9.17) is 6.42 Å². The number of amides is 1. The molecular formula is C13H14N2O3. The number of nitro benzene ring substituents is 1. The van der Waals surface area contributed by atoms with E-state index in [-0.39, 0.29) is 24.6 Å². The van der Waals surface area contributed by atoms with E-state index in [1.54, 1.807) is 26.1 Å². The largest absolute Gasteiger partial charge is 0.334 e. The zero-order valence-corrected chi connectivity index (χ0v) is 10.3. The molecule has 0 unspecified atom stereocenters. The number of terminal acetylenes is 1. The van der Waals surface area contributed by atoms with Crippen LogP contribution in [0, 0.1) is 29.4 Å². The van der Waals surface area contributed by atoms with Crippen LogP contribution in [0.5, 0.6) is 0 Å². The van der Waals surface area contributed by atoms with Gasteiger partial charge in [-0.2, -0.15) is 0 Å². The Balaban J connectivity index is 2.93. The number of hydrogen-bond donors (Lipinski definition) is 0. The first kappa shape index (κ1) is 13.7. The quantitative estimate of drug-likeness (QED) is 0.460. The lowest BCUT2D eigenvalue weighted by Crippen LogP contribution is -2.28. The molecule has 0 atom stereocenters. The predicted octanol–water partition coefficient (Wildman–Crippen LogP) is 1.54. The van der Waals surface area contributed by atoms with Crippen LogP contribution in [0.15, 0.2) is 18.2 Å². The van der Waals surface area contributed by atoms with Crippen LogP contribution in [-0.4, -0.2) is 29.3 Å². The Hall–Kier alpha value is -2.35. The summed E-state index contributed by atoms with van der Waals surface area (Å²) in [5.41, 5.74) is 1.20. The van der Waals surface area contributed by atoms with Crippen molar-refractivity contribution in [1.29, 1.82) is 0 Å². The summed E-state index contributed by atoms with van der Waals surface area (Å²) in [6.45, 7) is 1.87. The van der Waals surface area contributed by atoms with Gasteiger partial charge in [0.15, 0.2) is 0 Å². The highest BCUT2D eigenvalue weighted by Gasteiger charge is 2.16. The van der Waals surface area contributed by atoms with Gasteiger partial charge in [-0.25, -0.2) is 0 Å². The van der Waals surface area contributed by atoms with E-state index >= 15 is 0 Å². The maximum Gasteiger partial charge on any atom is 0.272 e. The van der Waals surface area contributed by atoms with Crippen molar-refractivity contribution in [2.75, 3.05) is 13.6 Å². The molecule has 18 heavy (non-hydrogen) atoms. The van der Waals surface area contributed by atoms with Crippen molar-refractivity contribution in [2.24, 2.45) is 0 Å². The van der Waals surface area contributed by atoms with Crippen molar-refractivity contribution in [3.63, 3.8) is 0 Å². The minimum Gasteiger partial charge on any atom is -0.334 e. The first-order valence-corrected chi connectivity index (χ1v) is 5.37. The van der Waals surface area contributed by atoms with Gasteiger partial charge < -0.3 is 4.90 Å². The fourth-order valence-electron chi connectivity index (χ4n) is 1.58. The van der Waals surface area contributed by atoms with E-state index in [1.807, 2.05) is 0 Å². The Morgan fingerprint density at radius 1 is 1.56 bits per heavy atom. The third kappa shape index (κ3) is 3.08. The summed E-state index contributed by atoms with van der Waals surface area (Å²) in [6.07, 6.45) is 5.24. The Morgan fingerprint density at radius 3 is 2.78 bits per heavy atom. The molecule has 0 heterocycles. The standard InChI is InChI=1S/C13H14N2O3/c1-4-8-14(3)13(16)9-11-6-5-7-12(10(11)2)15(17)18/h1,5-7H,8-9H2,2-3H3. The Labute approximate surface area is 106 Å².